The van der Waals surface area contributed by atoms with Crippen LogP contribution in [0, 0.1) is 10.1 Å². The fourth-order valence-electron chi connectivity index (χ4n) is 2.54. The number of carbonyl (C=O) groups is 1. The number of carbonyl (C=O) groups excluding carboxylic acids is 1. The highest BCUT2D eigenvalue weighted by Gasteiger charge is 2.20. The van der Waals surface area contributed by atoms with Crippen molar-refractivity contribution < 1.29 is 9.72 Å². The van der Waals surface area contributed by atoms with Gasteiger partial charge in [0.05, 0.1) is 11.0 Å². The highest BCUT2D eigenvalue weighted by molar-refractivity contribution is 7.10. The molecule has 0 amide bonds. The summed E-state index contributed by atoms with van der Waals surface area (Å²) in [5.74, 6) is -0.235. The number of nitro groups is 1. The SMILES string of the molecule is C[C@@H](Nc1ccc(C(=O)c2ccccc2)cc1[N+](=O)[O-])c1cccs1. The molecule has 0 aliphatic rings. The molecule has 25 heavy (non-hydrogen) atoms. The van der Waals surface area contributed by atoms with E-state index < -0.39 is 4.92 Å². The molecule has 1 N–H and O–H groups in total. The van der Waals surface area contributed by atoms with Crippen LogP contribution in [-0.4, -0.2) is 10.7 Å². The third-order valence-electron chi connectivity index (χ3n) is 3.83. The quantitative estimate of drug-likeness (QED) is 0.382. The van der Waals surface area contributed by atoms with E-state index in [1.54, 1.807) is 47.7 Å². The molecule has 0 saturated heterocycles. The van der Waals surface area contributed by atoms with E-state index in [0.29, 0.717) is 16.8 Å². The van der Waals surface area contributed by atoms with Crippen molar-refractivity contribution in [3.8, 4) is 0 Å². The molecular formula is C19H16N2O3S. The van der Waals surface area contributed by atoms with Crippen LogP contribution in [0.15, 0.2) is 66.0 Å². The molecule has 0 saturated carbocycles. The number of benzene rings is 2. The summed E-state index contributed by atoms with van der Waals surface area (Å²) in [7, 11) is 0. The van der Waals surface area contributed by atoms with E-state index in [1.807, 2.05) is 30.5 Å². The maximum absolute atomic E-state index is 12.5. The monoisotopic (exact) mass is 352 g/mol. The van der Waals surface area contributed by atoms with Crippen LogP contribution in [0.1, 0.15) is 33.8 Å². The van der Waals surface area contributed by atoms with Gasteiger partial charge < -0.3 is 5.32 Å². The maximum atomic E-state index is 12.5. The number of hydrogen-bond donors (Lipinski definition) is 1. The molecule has 6 heteroatoms. The lowest BCUT2D eigenvalue weighted by molar-refractivity contribution is -0.384. The molecule has 2 aromatic carbocycles. The standard InChI is InChI=1S/C19H16N2O3S/c1-13(18-8-5-11-25-18)20-16-10-9-15(12-17(16)21(23)24)19(22)14-6-3-2-4-7-14/h2-13,20H,1H3/t13-/m1/s1. The van der Waals surface area contributed by atoms with Crippen molar-refractivity contribution in [2.75, 3.05) is 5.32 Å². The van der Waals surface area contributed by atoms with Gasteiger partial charge in [0.15, 0.2) is 5.78 Å². The van der Waals surface area contributed by atoms with Gasteiger partial charge in [0.25, 0.3) is 5.69 Å². The minimum absolute atomic E-state index is 0.0608. The lowest BCUT2D eigenvalue weighted by Crippen LogP contribution is -2.08. The fourth-order valence-corrected chi connectivity index (χ4v) is 3.28. The summed E-state index contributed by atoms with van der Waals surface area (Å²) in [5, 5.41) is 16.6. The van der Waals surface area contributed by atoms with Crippen LogP contribution in [0.2, 0.25) is 0 Å². The van der Waals surface area contributed by atoms with E-state index in [0.717, 1.165) is 4.88 Å². The van der Waals surface area contributed by atoms with Crippen LogP contribution in [0.3, 0.4) is 0 Å². The summed E-state index contributed by atoms with van der Waals surface area (Å²) in [6.07, 6.45) is 0. The van der Waals surface area contributed by atoms with Gasteiger partial charge in [-0.1, -0.05) is 36.4 Å². The third kappa shape index (κ3) is 3.75. The molecule has 0 bridgehead atoms. The second-order valence-electron chi connectivity index (χ2n) is 5.57. The van der Waals surface area contributed by atoms with Crippen LogP contribution >= 0.6 is 11.3 Å². The summed E-state index contributed by atoms with van der Waals surface area (Å²) in [6, 6.07) is 17.1. The topological polar surface area (TPSA) is 72.2 Å². The molecule has 0 aliphatic carbocycles. The van der Waals surface area contributed by atoms with Crippen molar-refractivity contribution >= 4 is 28.5 Å². The van der Waals surface area contributed by atoms with Crippen LogP contribution < -0.4 is 5.32 Å². The van der Waals surface area contributed by atoms with Gasteiger partial charge in [0.1, 0.15) is 5.69 Å². The van der Waals surface area contributed by atoms with Crippen molar-refractivity contribution in [3.63, 3.8) is 0 Å². The Labute approximate surface area is 149 Å². The highest BCUT2D eigenvalue weighted by Crippen LogP contribution is 2.31. The predicted octanol–water partition coefficient (Wildman–Crippen LogP) is 5.06. The average Bonchev–Trinajstić information content (AvgIpc) is 3.17. The molecule has 5 nitrogen and oxygen atoms in total. The summed E-state index contributed by atoms with van der Waals surface area (Å²) in [6.45, 7) is 1.94. The number of thiophene rings is 1. The molecule has 0 radical (unpaired) electrons. The summed E-state index contributed by atoms with van der Waals surface area (Å²) in [4.78, 5) is 24.6. The first-order valence-corrected chi connectivity index (χ1v) is 8.62. The van der Waals surface area contributed by atoms with E-state index in [1.165, 1.54) is 6.07 Å². The molecule has 0 unspecified atom stereocenters. The Hall–Kier alpha value is -2.99. The van der Waals surface area contributed by atoms with Crippen LogP contribution in [0.4, 0.5) is 11.4 Å². The number of hydrogen-bond acceptors (Lipinski definition) is 5. The molecule has 3 rings (SSSR count). The van der Waals surface area contributed by atoms with Crippen molar-refractivity contribution in [3.05, 3.63) is 92.2 Å². The minimum Gasteiger partial charge on any atom is -0.372 e. The summed E-state index contributed by atoms with van der Waals surface area (Å²) >= 11 is 1.58. The van der Waals surface area contributed by atoms with Crippen molar-refractivity contribution in [2.45, 2.75) is 13.0 Å². The molecule has 0 spiro atoms. The molecule has 126 valence electrons. The largest absolute Gasteiger partial charge is 0.372 e. The fraction of sp³-hybridized carbons (Fsp3) is 0.105. The third-order valence-corrected chi connectivity index (χ3v) is 4.89. The van der Waals surface area contributed by atoms with E-state index in [2.05, 4.69) is 5.32 Å². The molecule has 0 fully saturated rings. The lowest BCUT2D eigenvalue weighted by atomic mass is 10.0. The maximum Gasteiger partial charge on any atom is 0.293 e. The first-order chi connectivity index (χ1) is 12.1. The van der Waals surface area contributed by atoms with Gasteiger partial charge >= 0.3 is 0 Å². The zero-order valence-electron chi connectivity index (χ0n) is 13.5. The Kier molecular flexibility index (Phi) is 4.90. The number of nitro benzene ring substituents is 1. The van der Waals surface area contributed by atoms with Gasteiger partial charge in [-0.3, -0.25) is 14.9 Å². The Morgan fingerprint density at radius 3 is 2.48 bits per heavy atom. The van der Waals surface area contributed by atoms with Crippen molar-refractivity contribution in [1.29, 1.82) is 0 Å². The van der Waals surface area contributed by atoms with Crippen molar-refractivity contribution in [2.24, 2.45) is 0 Å². The molecular weight excluding hydrogens is 336 g/mol. The second-order valence-corrected chi connectivity index (χ2v) is 6.54. The van der Waals surface area contributed by atoms with Crippen LogP contribution in [-0.2, 0) is 0 Å². The predicted molar refractivity (Wildman–Crippen MR) is 99.3 cm³/mol. The van der Waals surface area contributed by atoms with Gasteiger partial charge in [0.2, 0.25) is 0 Å². The summed E-state index contributed by atoms with van der Waals surface area (Å²) in [5.41, 5.74) is 1.09. The van der Waals surface area contributed by atoms with Gasteiger partial charge in [-0.15, -0.1) is 11.3 Å². The minimum atomic E-state index is -0.467. The Balaban J connectivity index is 1.91. The number of anilines is 1. The Morgan fingerprint density at radius 1 is 1.08 bits per heavy atom. The highest BCUT2D eigenvalue weighted by atomic mass is 32.1. The molecule has 1 heterocycles. The zero-order valence-corrected chi connectivity index (χ0v) is 14.3. The number of rotatable bonds is 6. The molecule has 0 aliphatic heterocycles. The van der Waals surface area contributed by atoms with E-state index in [9.17, 15) is 14.9 Å². The molecule has 1 aromatic heterocycles. The second kappa shape index (κ2) is 7.27. The Bertz CT molecular complexity index is 892. The first-order valence-electron chi connectivity index (χ1n) is 7.74. The number of nitrogens with zero attached hydrogens (tertiary/aromatic N) is 1. The van der Waals surface area contributed by atoms with Gasteiger partial charge in [-0.25, -0.2) is 0 Å². The number of nitrogens with one attached hydrogen (secondary N) is 1. The number of ketones is 1. The van der Waals surface area contributed by atoms with Gasteiger partial charge in [-0.2, -0.15) is 0 Å². The smallest absolute Gasteiger partial charge is 0.293 e. The van der Waals surface area contributed by atoms with E-state index >= 15 is 0 Å². The molecule has 1 atom stereocenters. The summed E-state index contributed by atoms with van der Waals surface area (Å²) < 4.78 is 0. The van der Waals surface area contributed by atoms with E-state index in [-0.39, 0.29) is 17.5 Å². The lowest BCUT2D eigenvalue weighted by Gasteiger charge is -2.14. The van der Waals surface area contributed by atoms with E-state index in [4.69, 9.17) is 0 Å². The normalized spacial score (nSPS) is 11.7. The first kappa shape index (κ1) is 16.9. The van der Waals surface area contributed by atoms with Crippen LogP contribution in [0.25, 0.3) is 0 Å². The van der Waals surface area contributed by atoms with Crippen molar-refractivity contribution in [1.82, 2.24) is 0 Å². The average molecular weight is 352 g/mol. The van der Waals surface area contributed by atoms with Gasteiger partial charge in [0, 0.05) is 22.1 Å². The Morgan fingerprint density at radius 2 is 1.84 bits per heavy atom. The molecule has 3 aromatic rings. The zero-order chi connectivity index (χ0) is 17.8. The van der Waals surface area contributed by atoms with Crippen LogP contribution in [0.5, 0.6) is 0 Å². The van der Waals surface area contributed by atoms with Gasteiger partial charge in [-0.05, 0) is 30.5 Å².